The van der Waals surface area contributed by atoms with Crippen LogP contribution >= 0.6 is 23.4 Å². The summed E-state index contributed by atoms with van der Waals surface area (Å²) in [5, 5.41) is 6.44. The van der Waals surface area contributed by atoms with E-state index in [0.717, 1.165) is 0 Å². The zero-order chi connectivity index (χ0) is 12.3. The summed E-state index contributed by atoms with van der Waals surface area (Å²) in [5.74, 6) is -0.00220. The number of anilines is 1. The van der Waals surface area contributed by atoms with Gasteiger partial charge in [-0.05, 0) is 24.3 Å². The van der Waals surface area contributed by atoms with Gasteiger partial charge in [-0.3, -0.25) is 9.59 Å². The first-order chi connectivity index (χ1) is 8.13. The van der Waals surface area contributed by atoms with E-state index < -0.39 is 0 Å². The van der Waals surface area contributed by atoms with E-state index in [2.05, 4.69) is 10.6 Å². The van der Waals surface area contributed by atoms with Crippen LogP contribution in [0, 0.1) is 0 Å². The van der Waals surface area contributed by atoms with Crippen LogP contribution in [0.4, 0.5) is 5.69 Å². The molecule has 6 heteroatoms. The van der Waals surface area contributed by atoms with Crippen molar-refractivity contribution in [2.24, 2.45) is 0 Å². The fraction of sp³-hybridized carbons (Fsp3) is 0.0909. The van der Waals surface area contributed by atoms with E-state index in [4.69, 9.17) is 11.6 Å². The molecule has 2 rings (SSSR count). The van der Waals surface area contributed by atoms with Gasteiger partial charge in [0.15, 0.2) is 0 Å². The number of rotatable bonds is 2. The smallest absolute Gasteiger partial charge is 0.250 e. The van der Waals surface area contributed by atoms with Crippen molar-refractivity contribution < 1.29 is 9.59 Å². The molecule has 17 heavy (non-hydrogen) atoms. The highest BCUT2D eigenvalue weighted by atomic mass is 35.5. The molecule has 2 N–H and O–H groups in total. The van der Waals surface area contributed by atoms with Gasteiger partial charge < -0.3 is 10.6 Å². The Morgan fingerprint density at radius 3 is 2.71 bits per heavy atom. The highest BCUT2D eigenvalue weighted by Gasteiger charge is 2.15. The monoisotopic (exact) mass is 268 g/mol. The zero-order valence-electron chi connectivity index (χ0n) is 8.70. The number of hydrogen-bond donors (Lipinski definition) is 2. The molecule has 0 aliphatic carbocycles. The van der Waals surface area contributed by atoms with Gasteiger partial charge in [-0.1, -0.05) is 23.4 Å². The summed E-state index contributed by atoms with van der Waals surface area (Å²) in [4.78, 5) is 22.5. The van der Waals surface area contributed by atoms with Crippen molar-refractivity contribution in [3.05, 3.63) is 40.4 Å². The average molecular weight is 269 g/mol. The normalized spacial score (nSPS) is 17.0. The van der Waals surface area contributed by atoms with Crippen molar-refractivity contribution in [3.63, 3.8) is 0 Å². The summed E-state index contributed by atoms with van der Waals surface area (Å²) in [5.41, 5.74) is 0.658. The summed E-state index contributed by atoms with van der Waals surface area (Å²) < 4.78 is 0. The largest absolute Gasteiger partial charge is 0.322 e. The van der Waals surface area contributed by atoms with Crippen molar-refractivity contribution in [2.45, 2.75) is 0 Å². The van der Waals surface area contributed by atoms with Gasteiger partial charge in [0, 0.05) is 16.8 Å². The Hall–Kier alpha value is -1.46. The minimum absolute atomic E-state index is 0.0828. The van der Waals surface area contributed by atoms with E-state index in [1.165, 1.54) is 17.8 Å². The SMILES string of the molecule is O=C(/C=C1\NC(=O)CS1)Nc1ccc(Cl)cc1. The summed E-state index contributed by atoms with van der Waals surface area (Å²) in [7, 11) is 0. The summed E-state index contributed by atoms with van der Waals surface area (Å²) in [6, 6.07) is 6.80. The first kappa shape index (κ1) is 12.0. The van der Waals surface area contributed by atoms with Crippen LogP contribution in [0.1, 0.15) is 0 Å². The van der Waals surface area contributed by atoms with Crippen LogP contribution in [0.3, 0.4) is 0 Å². The molecular formula is C11H9ClN2O2S. The summed E-state index contributed by atoms with van der Waals surface area (Å²) in [6.07, 6.45) is 1.37. The Labute approximate surface area is 107 Å². The lowest BCUT2D eigenvalue weighted by Crippen LogP contribution is -2.16. The van der Waals surface area contributed by atoms with Crippen LogP contribution in [0.2, 0.25) is 5.02 Å². The number of hydrogen-bond acceptors (Lipinski definition) is 3. The molecule has 88 valence electrons. The van der Waals surface area contributed by atoms with Gasteiger partial charge in [0.1, 0.15) is 0 Å². The number of benzene rings is 1. The first-order valence-electron chi connectivity index (χ1n) is 4.84. The molecule has 1 aliphatic heterocycles. The van der Waals surface area contributed by atoms with Gasteiger partial charge in [-0.15, -0.1) is 0 Å². The molecular weight excluding hydrogens is 260 g/mol. The quantitative estimate of drug-likeness (QED) is 0.807. The van der Waals surface area contributed by atoms with Gasteiger partial charge in [0.05, 0.1) is 10.8 Å². The van der Waals surface area contributed by atoms with Crippen LogP contribution in [0.5, 0.6) is 0 Å². The first-order valence-corrected chi connectivity index (χ1v) is 6.21. The lowest BCUT2D eigenvalue weighted by atomic mass is 10.3. The van der Waals surface area contributed by atoms with E-state index >= 15 is 0 Å². The molecule has 0 spiro atoms. The zero-order valence-corrected chi connectivity index (χ0v) is 10.3. The van der Waals surface area contributed by atoms with Crippen molar-refractivity contribution in [3.8, 4) is 0 Å². The molecule has 4 nitrogen and oxygen atoms in total. The molecule has 1 saturated heterocycles. The highest BCUT2D eigenvalue weighted by Crippen LogP contribution is 2.19. The maximum atomic E-state index is 11.6. The van der Waals surface area contributed by atoms with E-state index in [-0.39, 0.29) is 11.8 Å². The number of carbonyl (C=O) groups excluding carboxylic acids is 2. The third-order valence-electron chi connectivity index (χ3n) is 2.00. The fourth-order valence-corrected chi connectivity index (χ4v) is 2.12. The summed E-state index contributed by atoms with van der Waals surface area (Å²) >= 11 is 7.04. The fourth-order valence-electron chi connectivity index (χ4n) is 1.26. The van der Waals surface area contributed by atoms with Crippen LogP contribution in [-0.2, 0) is 9.59 Å². The molecule has 0 unspecified atom stereocenters. The molecule has 1 fully saturated rings. The van der Waals surface area contributed by atoms with E-state index in [9.17, 15) is 9.59 Å². The average Bonchev–Trinajstić information content (AvgIpc) is 2.67. The molecule has 0 atom stereocenters. The van der Waals surface area contributed by atoms with Gasteiger partial charge in [0.25, 0.3) is 5.91 Å². The maximum absolute atomic E-state index is 11.6. The molecule has 1 aromatic rings. The van der Waals surface area contributed by atoms with E-state index in [0.29, 0.717) is 21.5 Å². The lowest BCUT2D eigenvalue weighted by molar-refractivity contribution is -0.117. The number of amides is 2. The van der Waals surface area contributed by atoms with Crippen molar-refractivity contribution >= 4 is 40.9 Å². The second kappa shape index (κ2) is 5.25. The van der Waals surface area contributed by atoms with Crippen LogP contribution < -0.4 is 10.6 Å². The number of halogens is 1. The third kappa shape index (κ3) is 3.51. The maximum Gasteiger partial charge on any atom is 0.250 e. The Balaban J connectivity index is 1.98. The molecule has 0 saturated carbocycles. The van der Waals surface area contributed by atoms with Crippen molar-refractivity contribution in [1.29, 1.82) is 0 Å². The predicted molar refractivity (Wildman–Crippen MR) is 68.8 cm³/mol. The van der Waals surface area contributed by atoms with Crippen molar-refractivity contribution in [1.82, 2.24) is 5.32 Å². The molecule has 0 bridgehead atoms. The molecule has 0 radical (unpaired) electrons. The van der Waals surface area contributed by atoms with Crippen LogP contribution in [0.25, 0.3) is 0 Å². The summed E-state index contributed by atoms with van der Waals surface area (Å²) in [6.45, 7) is 0. The standard InChI is InChI=1S/C11H9ClN2O2S/c12-7-1-3-8(4-2-7)13-9(15)5-11-14-10(16)6-17-11/h1-5H,6H2,(H,13,15)(H,14,16)/b11-5+. The van der Waals surface area contributed by atoms with Gasteiger partial charge in [-0.25, -0.2) is 0 Å². The minimum Gasteiger partial charge on any atom is -0.322 e. The Morgan fingerprint density at radius 2 is 2.12 bits per heavy atom. The van der Waals surface area contributed by atoms with Crippen molar-refractivity contribution in [2.75, 3.05) is 11.1 Å². The molecule has 2 amide bonds. The predicted octanol–water partition coefficient (Wildman–Crippen LogP) is 1.98. The Bertz CT molecular complexity index is 485. The molecule has 1 aromatic carbocycles. The Kier molecular flexibility index (Phi) is 3.71. The highest BCUT2D eigenvalue weighted by molar-refractivity contribution is 8.04. The van der Waals surface area contributed by atoms with Crippen LogP contribution in [0.15, 0.2) is 35.4 Å². The number of thioether (sulfide) groups is 1. The third-order valence-corrected chi connectivity index (χ3v) is 3.18. The van der Waals surface area contributed by atoms with E-state index in [1.54, 1.807) is 24.3 Å². The van der Waals surface area contributed by atoms with Gasteiger partial charge in [-0.2, -0.15) is 0 Å². The topological polar surface area (TPSA) is 58.2 Å². The Morgan fingerprint density at radius 1 is 1.41 bits per heavy atom. The molecule has 0 aromatic heterocycles. The van der Waals surface area contributed by atoms with Crippen LogP contribution in [-0.4, -0.2) is 17.6 Å². The number of nitrogens with one attached hydrogen (secondary N) is 2. The number of carbonyl (C=O) groups is 2. The second-order valence-corrected chi connectivity index (χ2v) is 4.80. The molecule has 1 aliphatic rings. The molecule has 1 heterocycles. The van der Waals surface area contributed by atoms with Gasteiger partial charge in [0.2, 0.25) is 5.91 Å². The lowest BCUT2D eigenvalue weighted by Gasteiger charge is -2.02. The minimum atomic E-state index is -0.281. The second-order valence-electron chi connectivity index (χ2n) is 3.34. The van der Waals surface area contributed by atoms with Gasteiger partial charge >= 0.3 is 0 Å². The van der Waals surface area contributed by atoms with E-state index in [1.807, 2.05) is 0 Å².